The molecule has 4 rings (SSSR count). The Hall–Kier alpha value is -3.32. The van der Waals surface area contributed by atoms with Crippen LogP contribution in [0.5, 0.6) is 0 Å². The lowest BCUT2D eigenvalue weighted by Crippen LogP contribution is -2.10. The molecule has 0 aliphatic carbocycles. The highest BCUT2D eigenvalue weighted by Gasteiger charge is 2.12. The predicted octanol–water partition coefficient (Wildman–Crippen LogP) is 7.67. The summed E-state index contributed by atoms with van der Waals surface area (Å²) in [5.41, 5.74) is 10.0. The molecule has 0 fully saturated rings. The fourth-order valence-electron chi connectivity index (χ4n) is 3.54. The Morgan fingerprint density at radius 2 is 0.690 bits per heavy atom. The summed E-state index contributed by atoms with van der Waals surface area (Å²) in [6, 6.07) is 35.2. The van der Waals surface area contributed by atoms with Crippen molar-refractivity contribution < 1.29 is 0 Å². The van der Waals surface area contributed by atoms with Gasteiger partial charge >= 0.3 is 0 Å². The minimum Gasteiger partial charge on any atom is -0.311 e. The fourth-order valence-corrected chi connectivity index (χ4v) is 3.54. The molecule has 0 N–H and O–H groups in total. The van der Waals surface area contributed by atoms with E-state index in [-0.39, 0.29) is 0 Å². The summed E-state index contributed by atoms with van der Waals surface area (Å²) in [6.07, 6.45) is 0.954. The van der Waals surface area contributed by atoms with Crippen LogP contribution in [0.15, 0.2) is 97.1 Å². The van der Waals surface area contributed by atoms with Crippen molar-refractivity contribution in [1.82, 2.24) is 0 Å². The third kappa shape index (κ3) is 4.57. The third-order valence-electron chi connectivity index (χ3n) is 5.31. The first-order valence-corrected chi connectivity index (χ1v) is 10.2. The number of hydrogen-bond donors (Lipinski definition) is 0. The Labute approximate surface area is 174 Å². The standard InChI is InChI=1S/C28H27N/c1-21-4-10-24(11-5-21)20-25-12-18-28(19-13-25)29(26-14-6-22(2)7-15-26)27-16-8-23(3)9-17-27/h4-19H,20H2,1-3H3. The first-order chi connectivity index (χ1) is 14.1. The molecule has 144 valence electrons. The first kappa shape index (κ1) is 19.0. The summed E-state index contributed by atoms with van der Waals surface area (Å²) < 4.78 is 0. The van der Waals surface area contributed by atoms with Gasteiger partial charge in [0.15, 0.2) is 0 Å². The van der Waals surface area contributed by atoms with Gasteiger partial charge in [-0.25, -0.2) is 0 Å². The Morgan fingerprint density at radius 1 is 0.414 bits per heavy atom. The van der Waals surface area contributed by atoms with Crippen molar-refractivity contribution in [3.8, 4) is 0 Å². The SMILES string of the molecule is Cc1ccc(Cc2ccc(N(c3ccc(C)cc3)c3ccc(C)cc3)cc2)cc1. The quantitative estimate of drug-likeness (QED) is 0.345. The summed E-state index contributed by atoms with van der Waals surface area (Å²) in [6.45, 7) is 6.38. The molecule has 4 aromatic rings. The second-order valence-corrected chi connectivity index (χ2v) is 7.84. The third-order valence-corrected chi connectivity index (χ3v) is 5.31. The highest BCUT2D eigenvalue weighted by atomic mass is 15.1. The van der Waals surface area contributed by atoms with Gasteiger partial charge in [-0.2, -0.15) is 0 Å². The number of nitrogens with zero attached hydrogens (tertiary/aromatic N) is 1. The van der Waals surface area contributed by atoms with E-state index in [0.717, 1.165) is 6.42 Å². The number of benzene rings is 4. The van der Waals surface area contributed by atoms with E-state index in [4.69, 9.17) is 0 Å². The zero-order chi connectivity index (χ0) is 20.2. The van der Waals surface area contributed by atoms with Crippen molar-refractivity contribution in [1.29, 1.82) is 0 Å². The van der Waals surface area contributed by atoms with Gasteiger partial charge in [0, 0.05) is 17.1 Å². The molecule has 0 spiro atoms. The van der Waals surface area contributed by atoms with Gasteiger partial charge in [-0.3, -0.25) is 0 Å². The smallest absolute Gasteiger partial charge is 0.0461 e. The van der Waals surface area contributed by atoms with Crippen LogP contribution in [0.25, 0.3) is 0 Å². The molecule has 0 unspecified atom stereocenters. The minimum atomic E-state index is 0.954. The van der Waals surface area contributed by atoms with E-state index in [1.54, 1.807) is 0 Å². The van der Waals surface area contributed by atoms with Crippen molar-refractivity contribution >= 4 is 17.1 Å². The van der Waals surface area contributed by atoms with Gasteiger partial charge in [-0.05, 0) is 74.7 Å². The van der Waals surface area contributed by atoms with E-state index in [1.165, 1.54) is 44.9 Å². The van der Waals surface area contributed by atoms with E-state index in [2.05, 4.69) is 123 Å². The van der Waals surface area contributed by atoms with Crippen LogP contribution in [0.3, 0.4) is 0 Å². The second-order valence-electron chi connectivity index (χ2n) is 7.84. The van der Waals surface area contributed by atoms with Gasteiger partial charge in [-0.15, -0.1) is 0 Å². The number of rotatable bonds is 5. The predicted molar refractivity (Wildman–Crippen MR) is 125 cm³/mol. The molecule has 0 atom stereocenters. The summed E-state index contributed by atoms with van der Waals surface area (Å²) in [5.74, 6) is 0. The number of hydrogen-bond acceptors (Lipinski definition) is 1. The molecule has 0 heterocycles. The molecule has 1 heteroatoms. The van der Waals surface area contributed by atoms with Crippen LogP contribution in [0, 0.1) is 20.8 Å². The Kier molecular flexibility index (Phi) is 5.48. The van der Waals surface area contributed by atoms with Gasteiger partial charge in [-0.1, -0.05) is 77.4 Å². The summed E-state index contributed by atoms with van der Waals surface area (Å²) in [4.78, 5) is 2.31. The lowest BCUT2D eigenvalue weighted by Gasteiger charge is -2.26. The molecular weight excluding hydrogens is 350 g/mol. The number of aryl methyl sites for hydroxylation is 3. The lowest BCUT2D eigenvalue weighted by atomic mass is 10.0. The maximum Gasteiger partial charge on any atom is 0.0461 e. The zero-order valence-electron chi connectivity index (χ0n) is 17.4. The molecule has 0 aliphatic rings. The molecule has 0 saturated heterocycles. The van der Waals surface area contributed by atoms with Gasteiger partial charge in [0.05, 0.1) is 0 Å². The van der Waals surface area contributed by atoms with E-state index < -0.39 is 0 Å². The van der Waals surface area contributed by atoms with Gasteiger partial charge in [0.1, 0.15) is 0 Å². The average molecular weight is 378 g/mol. The van der Waals surface area contributed by atoms with Crippen molar-refractivity contribution in [3.63, 3.8) is 0 Å². The molecule has 1 nitrogen and oxygen atoms in total. The average Bonchev–Trinajstić information content (AvgIpc) is 2.74. The van der Waals surface area contributed by atoms with Crippen LogP contribution in [0.1, 0.15) is 27.8 Å². The van der Waals surface area contributed by atoms with Crippen molar-refractivity contribution in [3.05, 3.63) is 125 Å². The zero-order valence-corrected chi connectivity index (χ0v) is 17.4. The summed E-state index contributed by atoms with van der Waals surface area (Å²) in [7, 11) is 0. The molecular formula is C28H27N. The van der Waals surface area contributed by atoms with E-state index >= 15 is 0 Å². The first-order valence-electron chi connectivity index (χ1n) is 10.2. The molecule has 0 aliphatic heterocycles. The van der Waals surface area contributed by atoms with Crippen LogP contribution in [-0.4, -0.2) is 0 Å². The number of anilines is 3. The summed E-state index contributed by atoms with van der Waals surface area (Å²) >= 11 is 0. The van der Waals surface area contributed by atoms with E-state index in [1.807, 2.05) is 0 Å². The monoisotopic (exact) mass is 377 g/mol. The molecule has 4 aromatic carbocycles. The van der Waals surface area contributed by atoms with Crippen LogP contribution in [0.2, 0.25) is 0 Å². The van der Waals surface area contributed by atoms with Gasteiger partial charge in [0.2, 0.25) is 0 Å². The molecule has 0 bridgehead atoms. The second kappa shape index (κ2) is 8.36. The molecule has 0 aromatic heterocycles. The fraction of sp³-hybridized carbons (Fsp3) is 0.143. The highest BCUT2D eigenvalue weighted by Crippen LogP contribution is 2.34. The summed E-state index contributed by atoms with van der Waals surface area (Å²) in [5, 5.41) is 0. The molecule has 0 radical (unpaired) electrons. The van der Waals surface area contributed by atoms with Crippen LogP contribution in [0.4, 0.5) is 17.1 Å². The largest absolute Gasteiger partial charge is 0.311 e. The molecule has 0 saturated carbocycles. The Morgan fingerprint density at radius 3 is 1.07 bits per heavy atom. The van der Waals surface area contributed by atoms with Crippen molar-refractivity contribution in [2.75, 3.05) is 4.90 Å². The molecule has 29 heavy (non-hydrogen) atoms. The highest BCUT2D eigenvalue weighted by molar-refractivity contribution is 5.76. The van der Waals surface area contributed by atoms with E-state index in [0.29, 0.717) is 0 Å². The van der Waals surface area contributed by atoms with Gasteiger partial charge in [0.25, 0.3) is 0 Å². The maximum absolute atomic E-state index is 2.31. The Balaban J connectivity index is 1.66. The van der Waals surface area contributed by atoms with Crippen LogP contribution >= 0.6 is 0 Å². The lowest BCUT2D eigenvalue weighted by molar-refractivity contribution is 1.18. The van der Waals surface area contributed by atoms with Crippen molar-refractivity contribution in [2.24, 2.45) is 0 Å². The van der Waals surface area contributed by atoms with Crippen LogP contribution in [-0.2, 0) is 6.42 Å². The topological polar surface area (TPSA) is 3.24 Å². The minimum absolute atomic E-state index is 0.954. The van der Waals surface area contributed by atoms with Gasteiger partial charge < -0.3 is 4.90 Å². The maximum atomic E-state index is 2.31. The Bertz CT molecular complexity index is 1010. The normalized spacial score (nSPS) is 10.7. The molecule has 0 amide bonds. The van der Waals surface area contributed by atoms with Crippen LogP contribution < -0.4 is 4.90 Å². The van der Waals surface area contributed by atoms with E-state index in [9.17, 15) is 0 Å². The van der Waals surface area contributed by atoms with Crippen molar-refractivity contribution in [2.45, 2.75) is 27.2 Å².